The van der Waals surface area contributed by atoms with Crippen LogP contribution in [0.1, 0.15) is 43.6 Å². The number of Topliss-reactive ketones (excluding diaryl/α,β-unsaturated/α-hetero) is 1. The van der Waals surface area contributed by atoms with Crippen LogP contribution >= 0.6 is 0 Å². The van der Waals surface area contributed by atoms with Crippen molar-refractivity contribution in [3.63, 3.8) is 0 Å². The molecule has 7 nitrogen and oxygen atoms in total. The molecule has 1 N–H and O–H groups in total. The maximum atomic E-state index is 12.7. The number of aliphatic imine (C=N–C) groups is 1. The number of aliphatic hydroxyl groups excluding tert-OH is 1. The topological polar surface area (TPSA) is 102 Å². The van der Waals surface area contributed by atoms with Gasteiger partial charge in [0, 0.05) is 11.1 Å². The van der Waals surface area contributed by atoms with E-state index in [1.165, 1.54) is 32.4 Å². The minimum Gasteiger partial charge on any atom is -0.506 e. The van der Waals surface area contributed by atoms with Crippen molar-refractivity contribution in [3.8, 4) is 0 Å². The highest BCUT2D eigenvalue weighted by atomic mass is 16.5. The molecule has 0 aliphatic heterocycles. The molecule has 0 bridgehead atoms. The molecular weight excluding hydrogens is 362 g/mol. The molecule has 3 rings (SSSR count). The Morgan fingerprint density at radius 1 is 0.964 bits per heavy atom. The fourth-order valence-electron chi connectivity index (χ4n) is 2.99. The van der Waals surface area contributed by atoms with Crippen molar-refractivity contribution in [2.24, 2.45) is 4.99 Å². The van der Waals surface area contributed by atoms with Gasteiger partial charge in [0.05, 0.1) is 42.3 Å². The predicted molar refractivity (Wildman–Crippen MR) is 102 cm³/mol. The second-order valence-electron chi connectivity index (χ2n) is 6.01. The van der Waals surface area contributed by atoms with Crippen molar-refractivity contribution in [1.82, 2.24) is 0 Å². The van der Waals surface area contributed by atoms with Crippen LogP contribution in [0, 0.1) is 0 Å². The lowest BCUT2D eigenvalue weighted by atomic mass is 10.1. The molecule has 0 atom stereocenters. The normalized spacial score (nSPS) is 13.4. The van der Waals surface area contributed by atoms with Gasteiger partial charge in [0.1, 0.15) is 5.76 Å². The zero-order valence-electron chi connectivity index (χ0n) is 15.5. The molecule has 0 saturated heterocycles. The van der Waals surface area contributed by atoms with E-state index in [2.05, 4.69) is 4.99 Å². The first kappa shape index (κ1) is 19.0. The second kappa shape index (κ2) is 7.48. The largest absolute Gasteiger partial charge is 0.506 e. The molecule has 7 heteroatoms. The summed E-state index contributed by atoms with van der Waals surface area (Å²) in [4.78, 5) is 40.9. The number of ketones is 1. The molecule has 2 aromatic carbocycles. The first-order valence-electron chi connectivity index (χ1n) is 8.32. The van der Waals surface area contributed by atoms with Gasteiger partial charge in [-0.25, -0.2) is 9.59 Å². The third kappa shape index (κ3) is 3.18. The van der Waals surface area contributed by atoms with Crippen LogP contribution in [-0.2, 0) is 9.47 Å². The van der Waals surface area contributed by atoms with E-state index in [0.29, 0.717) is 11.1 Å². The molecule has 0 unspecified atom stereocenters. The SMILES string of the molecule is COC(=O)c1ccc(C(=O)OC)c(N=C(C)C2=C(O)c3ccccc3C2=O)c1. The number of nitrogens with zero attached hydrogens (tertiary/aromatic N) is 1. The number of allylic oxidation sites excluding steroid dienone is 1. The number of aliphatic hydroxyl groups is 1. The summed E-state index contributed by atoms with van der Waals surface area (Å²) < 4.78 is 9.44. The number of carbonyl (C=O) groups is 3. The quantitative estimate of drug-likeness (QED) is 0.644. The van der Waals surface area contributed by atoms with Gasteiger partial charge in [-0.2, -0.15) is 0 Å². The second-order valence-corrected chi connectivity index (χ2v) is 6.01. The number of fused-ring (bicyclic) bond motifs is 1. The minimum atomic E-state index is -0.651. The first-order chi connectivity index (χ1) is 13.4. The van der Waals surface area contributed by atoms with Gasteiger partial charge in [-0.3, -0.25) is 9.79 Å². The Morgan fingerprint density at radius 2 is 1.61 bits per heavy atom. The maximum Gasteiger partial charge on any atom is 0.340 e. The summed E-state index contributed by atoms with van der Waals surface area (Å²) in [6, 6.07) is 10.9. The molecular formula is C21H17NO6. The lowest BCUT2D eigenvalue weighted by molar-refractivity contribution is 0.0587. The van der Waals surface area contributed by atoms with E-state index in [4.69, 9.17) is 9.47 Å². The molecule has 0 aromatic heterocycles. The number of carbonyl (C=O) groups excluding carboxylic acids is 3. The number of ether oxygens (including phenoxy) is 2. The first-order valence-corrected chi connectivity index (χ1v) is 8.32. The monoisotopic (exact) mass is 379 g/mol. The van der Waals surface area contributed by atoms with E-state index < -0.39 is 11.9 Å². The summed E-state index contributed by atoms with van der Waals surface area (Å²) >= 11 is 0. The Kier molecular flexibility index (Phi) is 5.08. The van der Waals surface area contributed by atoms with Gasteiger partial charge in [-0.1, -0.05) is 24.3 Å². The molecule has 0 fully saturated rings. The number of hydrogen-bond acceptors (Lipinski definition) is 7. The van der Waals surface area contributed by atoms with Gasteiger partial charge in [-0.15, -0.1) is 0 Å². The van der Waals surface area contributed by atoms with Crippen LogP contribution < -0.4 is 0 Å². The third-order valence-electron chi connectivity index (χ3n) is 4.36. The Balaban J connectivity index is 2.12. The van der Waals surface area contributed by atoms with Gasteiger partial charge in [0.25, 0.3) is 0 Å². The van der Waals surface area contributed by atoms with Crippen molar-refractivity contribution in [1.29, 1.82) is 0 Å². The van der Waals surface area contributed by atoms with E-state index in [1.807, 2.05) is 0 Å². The summed E-state index contributed by atoms with van der Waals surface area (Å²) in [6.07, 6.45) is 0. The molecule has 0 radical (unpaired) electrons. The molecule has 2 aromatic rings. The van der Waals surface area contributed by atoms with Gasteiger partial charge in [0.2, 0.25) is 0 Å². The third-order valence-corrected chi connectivity index (χ3v) is 4.36. The fourth-order valence-corrected chi connectivity index (χ4v) is 2.99. The number of rotatable bonds is 4. The molecule has 0 heterocycles. The van der Waals surface area contributed by atoms with Crippen LogP contribution in [0.5, 0.6) is 0 Å². The van der Waals surface area contributed by atoms with E-state index >= 15 is 0 Å². The minimum absolute atomic E-state index is 0.0421. The van der Waals surface area contributed by atoms with Crippen molar-refractivity contribution >= 4 is 34.9 Å². The molecule has 28 heavy (non-hydrogen) atoms. The van der Waals surface area contributed by atoms with Crippen LogP contribution in [0.3, 0.4) is 0 Å². The van der Waals surface area contributed by atoms with E-state index in [1.54, 1.807) is 31.2 Å². The molecule has 0 spiro atoms. The summed E-state index contributed by atoms with van der Waals surface area (Å²) in [5, 5.41) is 10.5. The predicted octanol–water partition coefficient (Wildman–Crippen LogP) is 3.52. The highest BCUT2D eigenvalue weighted by Gasteiger charge is 2.31. The average Bonchev–Trinajstić information content (AvgIpc) is 2.97. The van der Waals surface area contributed by atoms with Crippen molar-refractivity contribution < 1.29 is 29.0 Å². The molecule has 0 amide bonds. The Bertz CT molecular complexity index is 1060. The number of esters is 2. The van der Waals surface area contributed by atoms with E-state index in [9.17, 15) is 19.5 Å². The standard InChI is InChI=1S/C21H17NO6/c1-11(17-18(23)13-6-4-5-7-14(13)19(17)24)22-16-10-12(20(25)27-2)8-9-15(16)21(26)28-3/h4-10,23H,1-3H3. The fraction of sp³-hybridized carbons (Fsp3) is 0.143. The summed E-state index contributed by atoms with van der Waals surface area (Å²) in [5.74, 6) is -1.79. The van der Waals surface area contributed by atoms with Gasteiger partial charge >= 0.3 is 11.9 Å². The number of hydrogen-bond donors (Lipinski definition) is 1. The Hall–Kier alpha value is -3.74. The van der Waals surface area contributed by atoms with Crippen molar-refractivity contribution in [2.45, 2.75) is 6.92 Å². The zero-order chi connectivity index (χ0) is 20.4. The molecule has 1 aliphatic rings. The summed E-state index contributed by atoms with van der Waals surface area (Å²) in [5.41, 5.74) is 1.45. The Morgan fingerprint density at radius 3 is 2.21 bits per heavy atom. The van der Waals surface area contributed by atoms with Crippen molar-refractivity contribution in [2.75, 3.05) is 14.2 Å². The van der Waals surface area contributed by atoms with Crippen LogP contribution in [0.25, 0.3) is 5.76 Å². The summed E-state index contributed by atoms with van der Waals surface area (Å²) in [6.45, 7) is 1.54. The van der Waals surface area contributed by atoms with Gasteiger partial charge in [0.15, 0.2) is 5.78 Å². The highest BCUT2D eigenvalue weighted by molar-refractivity contribution is 6.35. The van der Waals surface area contributed by atoms with Crippen LogP contribution in [0.2, 0.25) is 0 Å². The zero-order valence-corrected chi connectivity index (χ0v) is 15.5. The smallest absolute Gasteiger partial charge is 0.340 e. The molecule has 142 valence electrons. The van der Waals surface area contributed by atoms with Crippen molar-refractivity contribution in [3.05, 3.63) is 70.3 Å². The molecule has 1 aliphatic carbocycles. The summed E-state index contributed by atoms with van der Waals surface area (Å²) in [7, 11) is 2.46. The van der Waals surface area contributed by atoms with Gasteiger partial charge < -0.3 is 14.6 Å². The van der Waals surface area contributed by atoms with Crippen LogP contribution in [-0.4, -0.2) is 42.8 Å². The van der Waals surface area contributed by atoms with E-state index in [-0.39, 0.29) is 39.6 Å². The highest BCUT2D eigenvalue weighted by Crippen LogP contribution is 2.33. The lowest BCUT2D eigenvalue weighted by Gasteiger charge is -2.08. The van der Waals surface area contributed by atoms with Gasteiger partial charge in [-0.05, 0) is 25.1 Å². The average molecular weight is 379 g/mol. The van der Waals surface area contributed by atoms with E-state index in [0.717, 1.165) is 0 Å². The number of benzene rings is 2. The number of methoxy groups -OCH3 is 2. The maximum absolute atomic E-state index is 12.7. The van der Waals surface area contributed by atoms with Crippen LogP contribution in [0.15, 0.2) is 53.0 Å². The van der Waals surface area contributed by atoms with Crippen LogP contribution in [0.4, 0.5) is 5.69 Å². The molecule has 0 saturated carbocycles. The Labute approximate surface area is 160 Å². The lowest BCUT2D eigenvalue weighted by Crippen LogP contribution is -2.09.